The first-order valence-corrected chi connectivity index (χ1v) is 5.22. The van der Waals surface area contributed by atoms with Crippen molar-refractivity contribution < 1.29 is 9.53 Å². The number of ether oxygens (including phenoxy) is 1. The summed E-state index contributed by atoms with van der Waals surface area (Å²) in [4.78, 5) is 11.6. The second-order valence-electron chi connectivity index (χ2n) is 4.74. The summed E-state index contributed by atoms with van der Waals surface area (Å²) in [5.41, 5.74) is 1.10. The van der Waals surface area contributed by atoms with Crippen molar-refractivity contribution in [1.82, 2.24) is 0 Å². The SMILES string of the molecule is COC(=O)C(C)(C)C1CC=C(C)CC1. The molecule has 0 radical (unpaired) electrons. The standard InChI is InChI=1S/C12H20O2/c1-9-5-7-10(8-6-9)12(2,3)11(13)14-4/h5,10H,6-8H2,1-4H3. The maximum Gasteiger partial charge on any atom is 0.311 e. The molecule has 1 unspecified atom stereocenters. The summed E-state index contributed by atoms with van der Waals surface area (Å²) in [5, 5.41) is 0. The summed E-state index contributed by atoms with van der Waals surface area (Å²) >= 11 is 0. The zero-order chi connectivity index (χ0) is 10.8. The molecule has 0 bridgehead atoms. The van der Waals surface area contributed by atoms with Crippen molar-refractivity contribution in [2.45, 2.75) is 40.0 Å². The number of hydrogen-bond donors (Lipinski definition) is 0. The number of carbonyl (C=O) groups is 1. The molecule has 0 aromatic rings. The van der Waals surface area contributed by atoms with Gasteiger partial charge in [0.25, 0.3) is 0 Å². The Morgan fingerprint density at radius 3 is 2.64 bits per heavy atom. The van der Waals surface area contributed by atoms with Crippen LogP contribution >= 0.6 is 0 Å². The van der Waals surface area contributed by atoms with Crippen molar-refractivity contribution in [3.63, 3.8) is 0 Å². The van der Waals surface area contributed by atoms with Crippen LogP contribution in [0.15, 0.2) is 11.6 Å². The van der Waals surface area contributed by atoms with E-state index in [4.69, 9.17) is 4.74 Å². The average Bonchev–Trinajstić information content (AvgIpc) is 2.17. The highest BCUT2D eigenvalue weighted by Crippen LogP contribution is 2.38. The summed E-state index contributed by atoms with van der Waals surface area (Å²) in [6.07, 6.45) is 5.47. The highest BCUT2D eigenvalue weighted by molar-refractivity contribution is 5.76. The second kappa shape index (κ2) is 4.16. The van der Waals surface area contributed by atoms with Gasteiger partial charge in [-0.2, -0.15) is 0 Å². The molecular weight excluding hydrogens is 176 g/mol. The van der Waals surface area contributed by atoms with E-state index in [1.165, 1.54) is 12.7 Å². The van der Waals surface area contributed by atoms with Crippen molar-refractivity contribution in [1.29, 1.82) is 0 Å². The van der Waals surface area contributed by atoms with Gasteiger partial charge >= 0.3 is 5.97 Å². The normalized spacial score (nSPS) is 22.9. The molecule has 0 aliphatic heterocycles. The maximum absolute atomic E-state index is 11.6. The van der Waals surface area contributed by atoms with Gasteiger partial charge < -0.3 is 4.74 Å². The lowest BCUT2D eigenvalue weighted by atomic mass is 9.72. The molecule has 0 saturated heterocycles. The first kappa shape index (κ1) is 11.3. The van der Waals surface area contributed by atoms with E-state index in [1.807, 2.05) is 13.8 Å². The first-order valence-electron chi connectivity index (χ1n) is 5.22. The maximum atomic E-state index is 11.6. The Bertz CT molecular complexity index is 251. The van der Waals surface area contributed by atoms with Gasteiger partial charge in [0.05, 0.1) is 12.5 Å². The number of rotatable bonds is 2. The smallest absolute Gasteiger partial charge is 0.311 e. The zero-order valence-corrected chi connectivity index (χ0v) is 9.59. The predicted molar refractivity (Wildman–Crippen MR) is 56.9 cm³/mol. The molecule has 0 heterocycles. The van der Waals surface area contributed by atoms with Gasteiger partial charge in [-0.1, -0.05) is 11.6 Å². The molecule has 2 nitrogen and oxygen atoms in total. The molecule has 80 valence electrons. The lowest BCUT2D eigenvalue weighted by Crippen LogP contribution is -2.34. The van der Waals surface area contributed by atoms with Gasteiger partial charge in [0.2, 0.25) is 0 Å². The molecule has 1 atom stereocenters. The van der Waals surface area contributed by atoms with Crippen molar-refractivity contribution >= 4 is 5.97 Å². The van der Waals surface area contributed by atoms with Gasteiger partial charge in [0.15, 0.2) is 0 Å². The lowest BCUT2D eigenvalue weighted by molar-refractivity contribution is -0.154. The average molecular weight is 196 g/mol. The van der Waals surface area contributed by atoms with Crippen molar-refractivity contribution in [2.24, 2.45) is 11.3 Å². The lowest BCUT2D eigenvalue weighted by Gasteiger charge is -2.33. The van der Waals surface area contributed by atoms with Gasteiger partial charge in [-0.3, -0.25) is 4.79 Å². The van der Waals surface area contributed by atoms with Gasteiger partial charge in [0.1, 0.15) is 0 Å². The van der Waals surface area contributed by atoms with E-state index >= 15 is 0 Å². The highest BCUT2D eigenvalue weighted by Gasteiger charge is 2.37. The Hall–Kier alpha value is -0.790. The fourth-order valence-electron chi connectivity index (χ4n) is 2.05. The van der Waals surface area contributed by atoms with Crippen LogP contribution in [0.4, 0.5) is 0 Å². The number of allylic oxidation sites excluding steroid dienone is 2. The molecule has 0 fully saturated rings. The van der Waals surface area contributed by atoms with Crippen LogP contribution in [0.25, 0.3) is 0 Å². The quantitative estimate of drug-likeness (QED) is 0.501. The molecule has 0 spiro atoms. The molecule has 1 aliphatic rings. The predicted octanol–water partition coefficient (Wildman–Crippen LogP) is 2.93. The Morgan fingerprint density at radius 2 is 2.21 bits per heavy atom. The number of hydrogen-bond acceptors (Lipinski definition) is 2. The van der Waals surface area contributed by atoms with Gasteiger partial charge in [-0.05, 0) is 46.0 Å². The molecule has 0 saturated carbocycles. The van der Waals surface area contributed by atoms with Crippen LogP contribution in [-0.2, 0) is 9.53 Å². The van der Waals surface area contributed by atoms with Crippen molar-refractivity contribution in [2.75, 3.05) is 7.11 Å². The largest absolute Gasteiger partial charge is 0.469 e. The minimum Gasteiger partial charge on any atom is -0.469 e. The molecule has 1 rings (SSSR count). The molecule has 2 heteroatoms. The summed E-state index contributed by atoms with van der Waals surface area (Å²) in [7, 11) is 1.47. The third kappa shape index (κ3) is 2.17. The molecule has 0 aromatic heterocycles. The molecular formula is C12H20O2. The van der Waals surface area contributed by atoms with Crippen LogP contribution in [-0.4, -0.2) is 13.1 Å². The van der Waals surface area contributed by atoms with E-state index in [9.17, 15) is 4.79 Å². The summed E-state index contributed by atoms with van der Waals surface area (Å²) < 4.78 is 4.84. The molecule has 14 heavy (non-hydrogen) atoms. The Kier molecular flexibility index (Phi) is 3.35. The number of methoxy groups -OCH3 is 1. The zero-order valence-electron chi connectivity index (χ0n) is 9.59. The third-order valence-corrected chi connectivity index (χ3v) is 3.37. The van der Waals surface area contributed by atoms with Gasteiger partial charge in [-0.25, -0.2) is 0 Å². The number of esters is 1. The topological polar surface area (TPSA) is 26.3 Å². The molecule has 0 amide bonds. The monoisotopic (exact) mass is 196 g/mol. The Labute approximate surface area is 86.3 Å². The fraction of sp³-hybridized carbons (Fsp3) is 0.750. The van der Waals surface area contributed by atoms with Gasteiger partial charge in [-0.15, -0.1) is 0 Å². The Morgan fingerprint density at radius 1 is 1.57 bits per heavy atom. The summed E-state index contributed by atoms with van der Waals surface area (Å²) in [6, 6.07) is 0. The fourth-order valence-corrected chi connectivity index (χ4v) is 2.05. The van der Waals surface area contributed by atoms with Crippen LogP contribution in [0, 0.1) is 11.3 Å². The molecule has 0 aromatic carbocycles. The van der Waals surface area contributed by atoms with E-state index in [1.54, 1.807) is 0 Å². The first-order chi connectivity index (χ1) is 6.48. The van der Waals surface area contributed by atoms with Crippen LogP contribution < -0.4 is 0 Å². The summed E-state index contributed by atoms with van der Waals surface area (Å²) in [6.45, 7) is 6.12. The molecule has 0 N–H and O–H groups in total. The van der Waals surface area contributed by atoms with Crippen molar-refractivity contribution in [3.05, 3.63) is 11.6 Å². The van der Waals surface area contributed by atoms with Crippen molar-refractivity contribution in [3.8, 4) is 0 Å². The van der Waals surface area contributed by atoms with Gasteiger partial charge in [0, 0.05) is 0 Å². The van der Waals surface area contributed by atoms with Crippen LogP contribution in [0.2, 0.25) is 0 Å². The van der Waals surface area contributed by atoms with Crippen LogP contribution in [0.3, 0.4) is 0 Å². The number of carbonyl (C=O) groups excluding carboxylic acids is 1. The minimum atomic E-state index is -0.341. The highest BCUT2D eigenvalue weighted by atomic mass is 16.5. The van der Waals surface area contributed by atoms with E-state index in [2.05, 4.69) is 13.0 Å². The van der Waals surface area contributed by atoms with E-state index in [0.29, 0.717) is 5.92 Å². The minimum absolute atomic E-state index is 0.0875. The van der Waals surface area contributed by atoms with E-state index in [-0.39, 0.29) is 11.4 Å². The third-order valence-electron chi connectivity index (χ3n) is 3.37. The Balaban J connectivity index is 2.69. The van der Waals surface area contributed by atoms with E-state index < -0.39 is 0 Å². The van der Waals surface area contributed by atoms with E-state index in [0.717, 1.165) is 19.3 Å². The second-order valence-corrected chi connectivity index (χ2v) is 4.74. The summed E-state index contributed by atoms with van der Waals surface area (Å²) in [5.74, 6) is 0.342. The molecule has 1 aliphatic carbocycles. The van der Waals surface area contributed by atoms with Crippen LogP contribution in [0.1, 0.15) is 40.0 Å². The van der Waals surface area contributed by atoms with Crippen LogP contribution in [0.5, 0.6) is 0 Å².